The van der Waals surface area contributed by atoms with Crippen molar-refractivity contribution < 1.29 is 37.3 Å². The largest absolute Gasteiger partial charge is 0.473 e. The summed E-state index contributed by atoms with van der Waals surface area (Å²) in [4.78, 5) is 27.1. The number of esters is 1. The second kappa shape index (κ2) is 10.1. The molecule has 2 aromatic rings. The van der Waals surface area contributed by atoms with Crippen molar-refractivity contribution in [2.45, 2.75) is 45.4 Å². The highest BCUT2D eigenvalue weighted by atomic mass is 35.5. The Morgan fingerprint density at radius 2 is 1.71 bits per heavy atom. The van der Waals surface area contributed by atoms with Crippen LogP contribution in [0, 0.1) is 0 Å². The van der Waals surface area contributed by atoms with Crippen LogP contribution < -0.4 is 9.64 Å². The van der Waals surface area contributed by atoms with E-state index in [-0.39, 0.29) is 41.2 Å². The highest BCUT2D eigenvalue weighted by Crippen LogP contribution is 2.38. The summed E-state index contributed by atoms with van der Waals surface area (Å²) in [5, 5.41) is 10.8. The van der Waals surface area contributed by atoms with Crippen molar-refractivity contribution in [2.75, 3.05) is 18.1 Å². The Hall–Kier alpha value is -2.69. The zero-order valence-electron chi connectivity index (χ0n) is 19.0. The van der Waals surface area contributed by atoms with Crippen molar-refractivity contribution in [3.63, 3.8) is 0 Å². The van der Waals surface area contributed by atoms with Crippen molar-refractivity contribution in [1.29, 1.82) is 0 Å². The number of hydrogen-bond acceptors (Lipinski definition) is 6. The molecule has 1 aliphatic rings. The molecule has 1 aliphatic heterocycles. The van der Waals surface area contributed by atoms with Crippen LogP contribution in [-0.2, 0) is 27.0 Å². The number of aliphatic hydroxyl groups excluding tert-OH is 1. The van der Waals surface area contributed by atoms with Gasteiger partial charge in [-0.25, -0.2) is 4.79 Å². The van der Waals surface area contributed by atoms with Crippen molar-refractivity contribution in [2.24, 2.45) is 0 Å². The van der Waals surface area contributed by atoms with Gasteiger partial charge in [-0.05, 0) is 62.7 Å². The maximum atomic E-state index is 12.8. The predicted molar refractivity (Wildman–Crippen MR) is 123 cm³/mol. The molecule has 1 fully saturated rings. The van der Waals surface area contributed by atoms with Crippen LogP contribution in [0.15, 0.2) is 36.4 Å². The number of nitrogens with zero attached hydrogens (tertiary/aromatic N) is 2. The summed E-state index contributed by atoms with van der Waals surface area (Å²) in [5.74, 6) is -1.01. The lowest BCUT2D eigenvalue weighted by Gasteiger charge is -2.27. The summed E-state index contributed by atoms with van der Waals surface area (Å²) < 4.78 is 49.1. The molecule has 1 amide bonds. The van der Waals surface area contributed by atoms with E-state index in [4.69, 9.17) is 32.7 Å². The van der Waals surface area contributed by atoms with Crippen LogP contribution in [0.5, 0.6) is 5.75 Å². The van der Waals surface area contributed by atoms with Gasteiger partial charge in [0.1, 0.15) is 6.54 Å². The number of aliphatic hydroxyl groups is 1. The molecule has 1 N–H and O–H groups in total. The molecular formula is C23H23Cl2F3N2O5. The Labute approximate surface area is 209 Å². The number of halogens is 5. The van der Waals surface area contributed by atoms with E-state index in [9.17, 15) is 27.9 Å². The maximum absolute atomic E-state index is 12.8. The van der Waals surface area contributed by atoms with E-state index in [1.807, 2.05) is 0 Å². The highest BCUT2D eigenvalue weighted by Gasteiger charge is 2.38. The number of rotatable bonds is 7. The van der Waals surface area contributed by atoms with Gasteiger partial charge in [0.05, 0.1) is 28.8 Å². The number of carbonyl (C=O) groups is 2. The smallest absolute Gasteiger partial charge is 0.416 e. The Kier molecular flexibility index (Phi) is 7.78. The number of anilines is 1. The van der Waals surface area contributed by atoms with Gasteiger partial charge >= 0.3 is 12.1 Å². The summed E-state index contributed by atoms with van der Waals surface area (Å²) in [6.07, 6.45) is -5.92. The van der Waals surface area contributed by atoms with Crippen LogP contribution in [0.3, 0.4) is 0 Å². The lowest BCUT2D eigenvalue weighted by Crippen LogP contribution is -2.40. The molecule has 1 heterocycles. The van der Waals surface area contributed by atoms with Gasteiger partial charge in [-0.1, -0.05) is 23.2 Å². The molecule has 7 nitrogen and oxygen atoms in total. The van der Waals surface area contributed by atoms with E-state index in [2.05, 4.69) is 0 Å². The minimum Gasteiger partial charge on any atom is -0.473 e. The first-order chi connectivity index (χ1) is 16.2. The van der Waals surface area contributed by atoms with Crippen LogP contribution in [0.1, 0.15) is 31.9 Å². The number of carbonyl (C=O) groups excluding carboxylic acids is 2. The summed E-state index contributed by atoms with van der Waals surface area (Å²) >= 11 is 12.7. The number of amides is 1. The van der Waals surface area contributed by atoms with Crippen LogP contribution in [0.2, 0.25) is 10.0 Å². The van der Waals surface area contributed by atoms with Crippen LogP contribution in [0.25, 0.3) is 0 Å². The third-order valence-corrected chi connectivity index (χ3v) is 5.81. The Morgan fingerprint density at radius 1 is 1.14 bits per heavy atom. The zero-order valence-corrected chi connectivity index (χ0v) is 20.5. The fourth-order valence-electron chi connectivity index (χ4n) is 3.45. The van der Waals surface area contributed by atoms with Gasteiger partial charge in [0.15, 0.2) is 11.4 Å². The minimum atomic E-state index is -4.50. The standard InChI is InChI=1S/C23H23Cl2F3N2O5/c1-4-34-20(32)22(2,3)35-19-16(24)9-13(10-17(19)25)11-30-18(31)12-29(21(30)33)15-7-5-14(6-8-15)23(26,27)28/h5-10,21,33H,4,11-12H2,1-3H3. The average molecular weight is 535 g/mol. The number of alkyl halides is 3. The number of hydrogen-bond donors (Lipinski definition) is 1. The lowest BCUT2D eigenvalue weighted by atomic mass is 10.1. The first-order valence-corrected chi connectivity index (χ1v) is 11.3. The van der Waals surface area contributed by atoms with Crippen molar-refractivity contribution >= 4 is 40.8 Å². The van der Waals surface area contributed by atoms with E-state index in [1.165, 1.54) is 43.0 Å². The molecular weight excluding hydrogens is 512 g/mol. The molecule has 1 atom stereocenters. The van der Waals surface area contributed by atoms with E-state index in [1.54, 1.807) is 6.92 Å². The number of ether oxygens (including phenoxy) is 2. The van der Waals surface area contributed by atoms with E-state index < -0.39 is 35.6 Å². The van der Waals surface area contributed by atoms with E-state index in [0.29, 0.717) is 5.56 Å². The Balaban J connectivity index is 1.76. The molecule has 1 saturated heterocycles. The molecule has 3 rings (SSSR count). The second-order valence-corrected chi connectivity index (χ2v) is 9.08. The first-order valence-electron chi connectivity index (χ1n) is 10.5. The summed E-state index contributed by atoms with van der Waals surface area (Å²) in [7, 11) is 0. The van der Waals surface area contributed by atoms with Gasteiger partial charge in [0.25, 0.3) is 0 Å². The summed E-state index contributed by atoms with van der Waals surface area (Å²) in [5.41, 5.74) is -1.49. The fourth-order valence-corrected chi connectivity index (χ4v) is 4.06. The fraction of sp³-hybridized carbons (Fsp3) is 0.391. The van der Waals surface area contributed by atoms with E-state index >= 15 is 0 Å². The van der Waals surface area contributed by atoms with Gasteiger partial charge < -0.3 is 19.5 Å². The first kappa shape index (κ1) is 26.9. The third-order valence-electron chi connectivity index (χ3n) is 5.24. The maximum Gasteiger partial charge on any atom is 0.416 e. The Morgan fingerprint density at radius 3 is 2.23 bits per heavy atom. The SMILES string of the molecule is CCOC(=O)C(C)(C)Oc1c(Cl)cc(CN2C(=O)CN(c3ccc(C(F)(F)F)cc3)C2O)cc1Cl. The monoisotopic (exact) mass is 534 g/mol. The molecule has 2 aromatic carbocycles. The molecule has 0 bridgehead atoms. The van der Waals surface area contributed by atoms with Crippen LogP contribution in [0.4, 0.5) is 18.9 Å². The number of benzene rings is 2. The minimum absolute atomic E-state index is 0.0508. The van der Waals surface area contributed by atoms with Gasteiger partial charge in [-0.3, -0.25) is 9.69 Å². The normalized spacial score (nSPS) is 16.6. The second-order valence-electron chi connectivity index (χ2n) is 8.26. The quantitative estimate of drug-likeness (QED) is 0.511. The van der Waals surface area contributed by atoms with Gasteiger partial charge in [0, 0.05) is 5.69 Å². The predicted octanol–water partition coefficient (Wildman–Crippen LogP) is 4.86. The van der Waals surface area contributed by atoms with Gasteiger partial charge in [-0.2, -0.15) is 13.2 Å². The Bertz CT molecular complexity index is 1090. The van der Waals surface area contributed by atoms with Crippen LogP contribution in [-0.4, -0.2) is 47.0 Å². The highest BCUT2D eigenvalue weighted by molar-refractivity contribution is 6.37. The zero-order chi connectivity index (χ0) is 26.1. The molecule has 0 spiro atoms. The van der Waals surface area contributed by atoms with Gasteiger partial charge in [-0.15, -0.1) is 0 Å². The van der Waals surface area contributed by atoms with Crippen molar-refractivity contribution in [1.82, 2.24) is 4.90 Å². The lowest BCUT2D eigenvalue weighted by molar-refractivity contribution is -0.158. The molecule has 0 aliphatic carbocycles. The molecule has 35 heavy (non-hydrogen) atoms. The molecule has 190 valence electrons. The van der Waals surface area contributed by atoms with Gasteiger partial charge in [0.2, 0.25) is 12.3 Å². The van der Waals surface area contributed by atoms with Crippen molar-refractivity contribution in [3.05, 3.63) is 57.6 Å². The van der Waals surface area contributed by atoms with Crippen LogP contribution >= 0.6 is 23.2 Å². The van der Waals surface area contributed by atoms with Crippen molar-refractivity contribution in [3.8, 4) is 5.75 Å². The summed E-state index contributed by atoms with van der Waals surface area (Å²) in [6, 6.07) is 7.09. The third kappa shape index (κ3) is 5.94. The summed E-state index contributed by atoms with van der Waals surface area (Å²) in [6.45, 7) is 4.51. The average Bonchev–Trinajstić information content (AvgIpc) is 3.04. The molecule has 0 radical (unpaired) electrons. The topological polar surface area (TPSA) is 79.3 Å². The molecule has 0 aromatic heterocycles. The molecule has 12 heteroatoms. The van der Waals surface area contributed by atoms with E-state index in [0.717, 1.165) is 17.0 Å². The molecule has 0 saturated carbocycles. The molecule has 1 unspecified atom stereocenters.